The van der Waals surface area contributed by atoms with Crippen molar-refractivity contribution in [3.8, 4) is 0 Å². The molecule has 23 heavy (non-hydrogen) atoms. The fourth-order valence-corrected chi connectivity index (χ4v) is 2.44. The zero-order chi connectivity index (χ0) is 16.4. The smallest absolute Gasteiger partial charge is 0.322 e. The van der Waals surface area contributed by atoms with Crippen LogP contribution in [0.3, 0.4) is 0 Å². The molecule has 0 aliphatic carbocycles. The van der Waals surface area contributed by atoms with Crippen molar-refractivity contribution in [2.24, 2.45) is 0 Å². The first kappa shape index (κ1) is 15.3. The highest BCUT2D eigenvalue weighted by Crippen LogP contribution is 2.20. The van der Waals surface area contributed by atoms with Gasteiger partial charge in [0.25, 0.3) is 0 Å². The molecular weight excluding hydrogens is 306 g/mol. The maximum absolute atomic E-state index is 13.6. The van der Waals surface area contributed by atoms with Crippen molar-refractivity contribution >= 4 is 17.5 Å². The van der Waals surface area contributed by atoms with Crippen molar-refractivity contribution in [1.29, 1.82) is 0 Å². The highest BCUT2D eigenvalue weighted by atomic mass is 19.1. The Morgan fingerprint density at radius 1 is 1.22 bits per heavy atom. The van der Waals surface area contributed by atoms with Crippen LogP contribution in [0.1, 0.15) is 5.76 Å². The van der Waals surface area contributed by atoms with Gasteiger partial charge in [-0.15, -0.1) is 0 Å². The van der Waals surface area contributed by atoms with Gasteiger partial charge in [0.2, 0.25) is 0 Å². The second-order valence-electron chi connectivity index (χ2n) is 5.30. The number of aryl methyl sites for hydroxylation is 1. The van der Waals surface area contributed by atoms with Crippen molar-refractivity contribution in [2.75, 3.05) is 36.4 Å². The predicted octanol–water partition coefficient (Wildman–Crippen LogP) is 2.62. The summed E-state index contributed by atoms with van der Waals surface area (Å²) in [4.78, 5) is 15.6. The number of amides is 2. The van der Waals surface area contributed by atoms with Crippen LogP contribution in [0.15, 0.2) is 28.8 Å². The summed E-state index contributed by atoms with van der Waals surface area (Å²) in [5, 5.41) is 6.22. The quantitative estimate of drug-likeness (QED) is 0.923. The first-order chi connectivity index (χ1) is 11.0. The van der Waals surface area contributed by atoms with Gasteiger partial charge >= 0.3 is 6.03 Å². The van der Waals surface area contributed by atoms with Crippen molar-refractivity contribution in [3.05, 3.63) is 41.7 Å². The van der Waals surface area contributed by atoms with Gasteiger partial charge in [-0.3, -0.25) is 0 Å². The number of para-hydroxylation sites is 1. The Labute approximate surface area is 131 Å². The number of halogens is 2. The highest BCUT2D eigenvalue weighted by Gasteiger charge is 2.24. The summed E-state index contributed by atoms with van der Waals surface area (Å²) >= 11 is 0. The molecule has 2 heterocycles. The minimum Gasteiger partial charge on any atom is -0.360 e. The molecule has 0 unspecified atom stereocenters. The summed E-state index contributed by atoms with van der Waals surface area (Å²) in [6.45, 7) is 3.79. The summed E-state index contributed by atoms with van der Waals surface area (Å²) in [7, 11) is 0. The number of carbonyl (C=O) groups is 1. The second-order valence-corrected chi connectivity index (χ2v) is 5.30. The van der Waals surface area contributed by atoms with Gasteiger partial charge in [-0.25, -0.2) is 13.6 Å². The summed E-state index contributed by atoms with van der Waals surface area (Å²) < 4.78 is 32.2. The number of urea groups is 1. The van der Waals surface area contributed by atoms with Crippen LogP contribution in [0.4, 0.5) is 25.1 Å². The van der Waals surface area contributed by atoms with Crippen LogP contribution in [0.25, 0.3) is 0 Å². The third-order valence-electron chi connectivity index (χ3n) is 3.70. The largest absolute Gasteiger partial charge is 0.360 e. The number of benzene rings is 1. The zero-order valence-electron chi connectivity index (χ0n) is 12.6. The second kappa shape index (κ2) is 6.23. The van der Waals surface area contributed by atoms with Crippen molar-refractivity contribution in [3.63, 3.8) is 0 Å². The number of hydrogen-bond donors (Lipinski definition) is 1. The third kappa shape index (κ3) is 3.25. The Bertz CT molecular complexity index is 691. The lowest BCUT2D eigenvalue weighted by atomic mass is 10.3. The minimum atomic E-state index is -0.796. The normalized spacial score (nSPS) is 14.9. The number of nitrogens with zero attached hydrogens (tertiary/aromatic N) is 3. The maximum atomic E-state index is 13.6. The molecule has 0 bridgehead atoms. The van der Waals surface area contributed by atoms with E-state index in [0.29, 0.717) is 26.2 Å². The lowest BCUT2D eigenvalue weighted by Crippen LogP contribution is -2.50. The first-order valence-corrected chi connectivity index (χ1v) is 7.23. The van der Waals surface area contributed by atoms with Gasteiger partial charge in [0.1, 0.15) is 23.1 Å². The van der Waals surface area contributed by atoms with Crippen LogP contribution < -0.4 is 10.2 Å². The minimum absolute atomic E-state index is 0.424. The van der Waals surface area contributed by atoms with E-state index in [-0.39, 0.29) is 0 Å². The topological polar surface area (TPSA) is 61.6 Å². The van der Waals surface area contributed by atoms with E-state index in [2.05, 4.69) is 10.5 Å². The summed E-state index contributed by atoms with van der Waals surface area (Å²) in [5.74, 6) is -0.150. The van der Waals surface area contributed by atoms with Crippen LogP contribution >= 0.6 is 0 Å². The summed E-state index contributed by atoms with van der Waals surface area (Å²) in [6, 6.07) is 4.75. The molecule has 8 heteroatoms. The fraction of sp³-hybridized carbons (Fsp3) is 0.333. The molecule has 2 aromatic rings. The van der Waals surface area contributed by atoms with E-state index in [1.807, 2.05) is 17.9 Å². The van der Waals surface area contributed by atoms with Gasteiger partial charge < -0.3 is 19.6 Å². The molecule has 1 saturated heterocycles. The zero-order valence-corrected chi connectivity index (χ0v) is 12.6. The van der Waals surface area contributed by atoms with E-state index in [1.54, 1.807) is 0 Å². The molecule has 0 radical (unpaired) electrons. The molecule has 0 spiro atoms. The Morgan fingerprint density at radius 3 is 2.43 bits per heavy atom. The number of hydrogen-bond acceptors (Lipinski definition) is 4. The van der Waals surface area contributed by atoms with Gasteiger partial charge in [-0.1, -0.05) is 11.2 Å². The number of rotatable bonds is 2. The van der Waals surface area contributed by atoms with Crippen LogP contribution in [0.2, 0.25) is 0 Å². The molecule has 0 saturated carbocycles. The molecule has 2 amide bonds. The monoisotopic (exact) mass is 322 g/mol. The molecule has 0 atom stereocenters. The Hall–Kier alpha value is -2.64. The van der Waals surface area contributed by atoms with Crippen molar-refractivity contribution in [1.82, 2.24) is 10.1 Å². The molecule has 1 fully saturated rings. The average molecular weight is 322 g/mol. The number of aromatic nitrogens is 1. The third-order valence-corrected chi connectivity index (χ3v) is 3.70. The highest BCUT2D eigenvalue weighted by molar-refractivity contribution is 5.89. The standard InChI is InChI=1S/C15H16F2N4O2/c1-10-9-13(19-23-10)20-5-7-21(8-6-20)15(22)18-14-11(16)3-2-4-12(14)17/h2-4,9H,5-8H2,1H3,(H,18,22). The van der Waals surface area contributed by atoms with Gasteiger partial charge in [-0.05, 0) is 19.1 Å². The summed E-state index contributed by atoms with van der Waals surface area (Å²) in [5.41, 5.74) is -0.424. The molecular formula is C15H16F2N4O2. The predicted molar refractivity (Wildman–Crippen MR) is 80.4 cm³/mol. The van der Waals surface area contributed by atoms with Gasteiger partial charge in [0.05, 0.1) is 0 Å². The van der Waals surface area contributed by atoms with Crippen LogP contribution in [0, 0.1) is 18.6 Å². The number of nitrogens with one attached hydrogen (secondary N) is 1. The van der Waals surface area contributed by atoms with E-state index in [4.69, 9.17) is 4.52 Å². The SMILES string of the molecule is Cc1cc(N2CCN(C(=O)Nc3c(F)cccc3F)CC2)no1. The fourth-order valence-electron chi connectivity index (χ4n) is 2.44. The molecule has 6 nitrogen and oxygen atoms in total. The number of carbonyl (C=O) groups excluding carboxylic acids is 1. The van der Waals surface area contributed by atoms with E-state index < -0.39 is 23.4 Å². The van der Waals surface area contributed by atoms with Crippen molar-refractivity contribution < 1.29 is 18.1 Å². The first-order valence-electron chi connectivity index (χ1n) is 7.23. The van der Waals surface area contributed by atoms with E-state index in [9.17, 15) is 13.6 Å². The Kier molecular flexibility index (Phi) is 4.14. The molecule has 1 aromatic heterocycles. The maximum Gasteiger partial charge on any atom is 0.322 e. The average Bonchev–Trinajstić information content (AvgIpc) is 2.97. The van der Waals surface area contributed by atoms with Crippen LogP contribution in [0.5, 0.6) is 0 Å². The van der Waals surface area contributed by atoms with Crippen molar-refractivity contribution in [2.45, 2.75) is 6.92 Å². The number of piperazine rings is 1. The van der Waals surface area contributed by atoms with Gasteiger partial charge in [-0.2, -0.15) is 0 Å². The van der Waals surface area contributed by atoms with Crippen LogP contribution in [-0.2, 0) is 0 Å². The molecule has 122 valence electrons. The van der Waals surface area contributed by atoms with Crippen LogP contribution in [-0.4, -0.2) is 42.3 Å². The van der Waals surface area contributed by atoms with E-state index >= 15 is 0 Å². The molecule has 3 rings (SSSR count). The molecule has 1 N–H and O–H groups in total. The summed E-state index contributed by atoms with van der Waals surface area (Å²) in [6.07, 6.45) is 0. The van der Waals surface area contributed by atoms with Gasteiger partial charge in [0.15, 0.2) is 5.82 Å². The lowest BCUT2D eigenvalue weighted by molar-refractivity contribution is 0.207. The van der Waals surface area contributed by atoms with E-state index in [0.717, 1.165) is 23.7 Å². The molecule has 1 aromatic carbocycles. The van der Waals surface area contributed by atoms with Gasteiger partial charge in [0, 0.05) is 32.2 Å². The number of anilines is 2. The molecule has 1 aliphatic rings. The van der Waals surface area contributed by atoms with E-state index in [1.165, 1.54) is 11.0 Å². The Morgan fingerprint density at radius 2 is 1.87 bits per heavy atom. The lowest BCUT2D eigenvalue weighted by Gasteiger charge is -2.34. The Balaban J connectivity index is 1.60. The molecule has 1 aliphatic heterocycles.